The van der Waals surface area contributed by atoms with Gasteiger partial charge in [-0.05, 0) is 41.5 Å². The van der Waals surface area contributed by atoms with Gasteiger partial charge in [0.2, 0.25) is 5.91 Å². The molecule has 1 atom stereocenters. The van der Waals surface area contributed by atoms with Gasteiger partial charge in [0.15, 0.2) is 0 Å². The van der Waals surface area contributed by atoms with E-state index < -0.39 is 17.6 Å². The minimum atomic E-state index is -1.29. The number of carboxylic acids is 1. The van der Waals surface area contributed by atoms with Gasteiger partial charge < -0.3 is 25.2 Å². The first-order valence-electron chi connectivity index (χ1n) is 11.5. The highest BCUT2D eigenvalue weighted by Gasteiger charge is 2.39. The summed E-state index contributed by atoms with van der Waals surface area (Å²) in [4.78, 5) is 36.4. The summed E-state index contributed by atoms with van der Waals surface area (Å²) >= 11 is 0. The van der Waals surface area contributed by atoms with Gasteiger partial charge in [0.05, 0.1) is 6.61 Å². The fourth-order valence-corrected chi connectivity index (χ4v) is 4.36. The molecule has 8 heteroatoms. The van der Waals surface area contributed by atoms with Crippen molar-refractivity contribution in [1.82, 2.24) is 10.6 Å². The molecule has 0 bridgehead atoms. The fourth-order valence-electron chi connectivity index (χ4n) is 4.36. The summed E-state index contributed by atoms with van der Waals surface area (Å²) < 4.78 is 10.9. The Balaban J connectivity index is 1.63. The van der Waals surface area contributed by atoms with Gasteiger partial charge in [0.1, 0.15) is 12.1 Å². The molecule has 0 heterocycles. The van der Waals surface area contributed by atoms with E-state index in [0.717, 1.165) is 22.3 Å². The highest BCUT2D eigenvalue weighted by atomic mass is 16.5. The number of hydrogen-bond acceptors (Lipinski definition) is 5. The number of fused-ring (bicyclic) bond motifs is 3. The number of aliphatic carboxylic acids is 1. The first-order chi connectivity index (χ1) is 16.4. The maximum atomic E-state index is 12.9. The smallest absolute Gasteiger partial charge is 0.408 e. The zero-order valence-electron chi connectivity index (χ0n) is 19.6. The van der Waals surface area contributed by atoms with Crippen molar-refractivity contribution in [2.45, 2.75) is 44.1 Å². The van der Waals surface area contributed by atoms with E-state index in [0.29, 0.717) is 25.8 Å². The number of rotatable bonds is 12. The third kappa shape index (κ3) is 5.75. The van der Waals surface area contributed by atoms with E-state index in [1.54, 1.807) is 6.92 Å². The largest absolute Gasteiger partial charge is 0.481 e. The molecule has 0 spiro atoms. The molecule has 2 amide bonds. The van der Waals surface area contributed by atoms with Gasteiger partial charge in [-0.25, -0.2) is 4.79 Å². The Morgan fingerprint density at radius 3 is 2.18 bits per heavy atom. The Morgan fingerprint density at radius 1 is 1.00 bits per heavy atom. The highest BCUT2D eigenvalue weighted by molar-refractivity contribution is 5.90. The number of carboxylic acid groups (broad SMARTS) is 1. The average molecular weight is 469 g/mol. The lowest BCUT2D eigenvalue weighted by atomic mass is 9.96. The standard InChI is InChI=1S/C26H32N2O6/c1-3-26(17-33-2,24(31)27-15-9-8-14-23(29)30)28-25(32)34-16-22-20-12-6-4-10-18(20)19-11-5-7-13-21(19)22/h4-7,10-13,22H,3,8-9,14-17H2,1-2H3,(H,27,31)(H,28,32)(H,29,30). The molecule has 1 aliphatic carbocycles. The van der Waals surface area contributed by atoms with Crippen LogP contribution in [0.4, 0.5) is 4.79 Å². The molecule has 34 heavy (non-hydrogen) atoms. The van der Waals surface area contributed by atoms with Gasteiger partial charge in [-0.2, -0.15) is 0 Å². The van der Waals surface area contributed by atoms with Crippen molar-refractivity contribution in [2.24, 2.45) is 0 Å². The average Bonchev–Trinajstić information content (AvgIpc) is 3.15. The van der Waals surface area contributed by atoms with Crippen molar-refractivity contribution in [2.75, 3.05) is 26.9 Å². The van der Waals surface area contributed by atoms with Crippen molar-refractivity contribution in [3.05, 3.63) is 59.7 Å². The van der Waals surface area contributed by atoms with Gasteiger partial charge in [-0.15, -0.1) is 0 Å². The lowest BCUT2D eigenvalue weighted by molar-refractivity contribution is -0.137. The van der Waals surface area contributed by atoms with Crippen molar-refractivity contribution in [1.29, 1.82) is 0 Å². The predicted molar refractivity (Wildman–Crippen MR) is 128 cm³/mol. The molecule has 0 aliphatic heterocycles. The van der Waals surface area contributed by atoms with Crippen molar-refractivity contribution in [3.63, 3.8) is 0 Å². The normalized spacial score (nSPS) is 13.9. The monoisotopic (exact) mass is 468 g/mol. The Labute approximate surface area is 199 Å². The first kappa shape index (κ1) is 25.2. The van der Waals surface area contributed by atoms with Gasteiger partial charge in [0, 0.05) is 26.0 Å². The van der Waals surface area contributed by atoms with E-state index in [1.165, 1.54) is 7.11 Å². The van der Waals surface area contributed by atoms with Crippen LogP contribution in [0.25, 0.3) is 11.1 Å². The quantitative estimate of drug-likeness (QED) is 0.410. The van der Waals surface area contributed by atoms with E-state index in [9.17, 15) is 14.4 Å². The number of carbonyl (C=O) groups is 3. The summed E-state index contributed by atoms with van der Waals surface area (Å²) in [5.41, 5.74) is 3.20. The Bertz CT molecular complexity index is 978. The van der Waals surface area contributed by atoms with Crippen LogP contribution < -0.4 is 10.6 Å². The number of nitrogens with one attached hydrogen (secondary N) is 2. The SMILES string of the molecule is CCC(COC)(NC(=O)OCC1c2ccccc2-c2ccccc21)C(=O)NCCCCC(=O)O. The molecule has 3 N–H and O–H groups in total. The van der Waals surface area contributed by atoms with Gasteiger partial charge >= 0.3 is 12.1 Å². The molecule has 8 nitrogen and oxygen atoms in total. The second kappa shape index (κ2) is 11.7. The van der Waals surface area contributed by atoms with Crippen molar-refractivity contribution >= 4 is 18.0 Å². The van der Waals surface area contributed by atoms with E-state index in [2.05, 4.69) is 22.8 Å². The van der Waals surface area contributed by atoms with Crippen LogP contribution in [0.5, 0.6) is 0 Å². The minimum absolute atomic E-state index is 0.0192. The van der Waals surface area contributed by atoms with Crippen molar-refractivity contribution < 1.29 is 29.0 Å². The van der Waals surface area contributed by atoms with E-state index >= 15 is 0 Å². The lowest BCUT2D eigenvalue weighted by Crippen LogP contribution is -2.61. The van der Waals surface area contributed by atoms with Crippen LogP contribution in [0.1, 0.15) is 49.7 Å². The van der Waals surface area contributed by atoms with Crippen molar-refractivity contribution in [3.8, 4) is 11.1 Å². The molecule has 0 fully saturated rings. The Hall–Kier alpha value is -3.39. The lowest BCUT2D eigenvalue weighted by Gasteiger charge is -2.31. The van der Waals surface area contributed by atoms with E-state index in [1.807, 2.05) is 36.4 Å². The Morgan fingerprint density at radius 2 is 1.62 bits per heavy atom. The molecule has 1 aliphatic rings. The highest BCUT2D eigenvalue weighted by Crippen LogP contribution is 2.44. The third-order valence-electron chi connectivity index (χ3n) is 6.22. The molecule has 0 saturated heterocycles. The van der Waals surface area contributed by atoms with Crippen LogP contribution in [0.15, 0.2) is 48.5 Å². The zero-order chi connectivity index (χ0) is 24.6. The molecule has 0 radical (unpaired) electrons. The second-order valence-corrected chi connectivity index (χ2v) is 8.43. The van der Waals surface area contributed by atoms with Gasteiger partial charge in [-0.1, -0.05) is 55.5 Å². The summed E-state index contributed by atoms with van der Waals surface area (Å²) in [6, 6.07) is 16.1. The van der Waals surface area contributed by atoms with Crippen LogP contribution in [-0.2, 0) is 19.1 Å². The summed E-state index contributed by atoms with van der Waals surface area (Å²) in [6.45, 7) is 2.22. The Kier molecular flexibility index (Phi) is 8.65. The maximum absolute atomic E-state index is 12.9. The van der Waals surface area contributed by atoms with Gasteiger partial charge in [-0.3, -0.25) is 9.59 Å². The number of methoxy groups -OCH3 is 1. The summed E-state index contributed by atoms with van der Waals surface area (Å²) in [5, 5.41) is 14.2. The second-order valence-electron chi connectivity index (χ2n) is 8.43. The molecule has 2 aromatic rings. The zero-order valence-corrected chi connectivity index (χ0v) is 19.6. The molecular formula is C26H32N2O6. The molecular weight excluding hydrogens is 436 g/mol. The molecule has 2 aromatic carbocycles. The number of hydrogen-bond donors (Lipinski definition) is 3. The number of carbonyl (C=O) groups excluding carboxylic acids is 2. The third-order valence-corrected chi connectivity index (χ3v) is 6.22. The minimum Gasteiger partial charge on any atom is -0.481 e. The molecule has 1 unspecified atom stereocenters. The molecule has 182 valence electrons. The fraction of sp³-hybridized carbons (Fsp3) is 0.423. The molecule has 0 saturated carbocycles. The van der Waals surface area contributed by atoms with E-state index in [-0.39, 0.29) is 31.5 Å². The van der Waals surface area contributed by atoms with Crippen LogP contribution >= 0.6 is 0 Å². The maximum Gasteiger partial charge on any atom is 0.408 e. The van der Waals surface area contributed by atoms with Crippen LogP contribution in [0.2, 0.25) is 0 Å². The molecule has 0 aromatic heterocycles. The summed E-state index contributed by atoms with van der Waals surface area (Å²) in [7, 11) is 1.46. The van der Waals surface area contributed by atoms with Crippen LogP contribution in [0.3, 0.4) is 0 Å². The van der Waals surface area contributed by atoms with Crippen LogP contribution in [-0.4, -0.2) is 55.5 Å². The number of amides is 2. The number of unbranched alkanes of at least 4 members (excludes halogenated alkanes) is 1. The summed E-state index contributed by atoms with van der Waals surface area (Å²) in [5.74, 6) is -1.34. The predicted octanol–water partition coefficient (Wildman–Crippen LogP) is 3.69. The topological polar surface area (TPSA) is 114 Å². The van der Waals surface area contributed by atoms with Crippen LogP contribution in [0, 0.1) is 0 Å². The number of alkyl carbamates (subject to hydrolysis) is 1. The number of benzene rings is 2. The first-order valence-corrected chi connectivity index (χ1v) is 11.5. The molecule has 3 rings (SSSR count). The van der Waals surface area contributed by atoms with E-state index in [4.69, 9.17) is 14.6 Å². The summed E-state index contributed by atoms with van der Waals surface area (Å²) in [6.07, 6.45) is 0.632. The number of ether oxygens (including phenoxy) is 2. The van der Waals surface area contributed by atoms with Gasteiger partial charge in [0.25, 0.3) is 0 Å².